The number of carboxylic acid groups (broad SMARTS) is 1. The molecule has 1 atom stereocenters. The maximum absolute atomic E-state index is 11.7. The number of unbranched alkanes of at least 4 members (excludes halogenated alkanes) is 5. The first kappa shape index (κ1) is 21.6. The molecule has 6 heteroatoms. The van der Waals surface area contributed by atoms with Crippen molar-refractivity contribution in [2.45, 2.75) is 82.4 Å². The first-order chi connectivity index (χ1) is 11.8. The summed E-state index contributed by atoms with van der Waals surface area (Å²) in [6.45, 7) is 4.26. The Morgan fingerprint density at radius 3 is 2.20 bits per heavy atom. The summed E-state index contributed by atoms with van der Waals surface area (Å²) in [4.78, 5) is 11.6. The molecule has 0 aliphatic heterocycles. The van der Waals surface area contributed by atoms with Crippen molar-refractivity contribution in [3.05, 3.63) is 29.3 Å². The van der Waals surface area contributed by atoms with Crippen molar-refractivity contribution < 1.29 is 18.3 Å². The highest BCUT2D eigenvalue weighted by Gasteiger charge is 2.21. The lowest BCUT2D eigenvalue weighted by Gasteiger charge is -2.20. The molecule has 3 N–H and O–H groups in total. The van der Waals surface area contributed by atoms with E-state index in [-0.39, 0.29) is 16.4 Å². The van der Waals surface area contributed by atoms with Gasteiger partial charge in [-0.15, -0.1) is 0 Å². The second kappa shape index (κ2) is 10.6. The Hall–Kier alpha value is -1.40. The van der Waals surface area contributed by atoms with E-state index in [0.29, 0.717) is 5.56 Å². The fourth-order valence-electron chi connectivity index (χ4n) is 3.15. The Labute approximate surface area is 151 Å². The van der Waals surface area contributed by atoms with Gasteiger partial charge < -0.3 is 5.11 Å². The predicted octanol–water partition coefficient (Wildman–Crippen LogP) is 4.67. The van der Waals surface area contributed by atoms with Crippen molar-refractivity contribution in [3.8, 4) is 0 Å². The van der Waals surface area contributed by atoms with Crippen LogP contribution in [0.1, 0.15) is 93.5 Å². The number of benzene rings is 1. The van der Waals surface area contributed by atoms with Gasteiger partial charge in [0.25, 0.3) is 0 Å². The Balaban J connectivity index is 3.09. The number of nitrogens with two attached hydrogens (primary N) is 1. The highest BCUT2D eigenvalue weighted by molar-refractivity contribution is 7.89. The van der Waals surface area contributed by atoms with Crippen molar-refractivity contribution in [1.29, 1.82) is 0 Å². The van der Waals surface area contributed by atoms with E-state index in [2.05, 4.69) is 13.8 Å². The third-order valence-corrected chi connectivity index (χ3v) is 5.50. The molecule has 1 aromatic carbocycles. The van der Waals surface area contributed by atoms with Crippen LogP contribution in [0.25, 0.3) is 0 Å². The van der Waals surface area contributed by atoms with Gasteiger partial charge in [-0.3, -0.25) is 0 Å². The Morgan fingerprint density at radius 1 is 1.04 bits per heavy atom. The molecule has 0 amide bonds. The van der Waals surface area contributed by atoms with E-state index < -0.39 is 16.0 Å². The zero-order chi connectivity index (χ0) is 18.9. The zero-order valence-electron chi connectivity index (χ0n) is 15.3. The number of hydrogen-bond donors (Lipinski definition) is 2. The summed E-state index contributed by atoms with van der Waals surface area (Å²) in [5.74, 6) is -0.974. The molecule has 0 fully saturated rings. The Bertz CT molecular complexity index is 655. The van der Waals surface area contributed by atoms with E-state index >= 15 is 0 Å². The molecule has 5 nitrogen and oxygen atoms in total. The number of primary sulfonamides is 1. The summed E-state index contributed by atoms with van der Waals surface area (Å²) < 4.78 is 23.3. The lowest BCUT2D eigenvalue weighted by Crippen LogP contribution is -2.15. The zero-order valence-corrected chi connectivity index (χ0v) is 16.1. The topological polar surface area (TPSA) is 97.5 Å². The fraction of sp³-hybridized carbons (Fsp3) is 0.632. The van der Waals surface area contributed by atoms with Gasteiger partial charge in [0.05, 0.1) is 10.5 Å². The molecular formula is C19H31NO4S. The van der Waals surface area contributed by atoms with Gasteiger partial charge in [-0.1, -0.05) is 58.8 Å². The van der Waals surface area contributed by atoms with Crippen LogP contribution < -0.4 is 5.14 Å². The van der Waals surface area contributed by atoms with Gasteiger partial charge >= 0.3 is 5.97 Å². The van der Waals surface area contributed by atoms with Crippen LogP contribution in [0.3, 0.4) is 0 Å². The van der Waals surface area contributed by atoms with E-state index in [0.717, 1.165) is 38.5 Å². The van der Waals surface area contributed by atoms with Crippen molar-refractivity contribution in [3.63, 3.8) is 0 Å². The van der Waals surface area contributed by atoms with Crippen LogP contribution in [-0.2, 0) is 10.0 Å². The molecule has 0 saturated heterocycles. The van der Waals surface area contributed by atoms with Crippen molar-refractivity contribution in [2.75, 3.05) is 0 Å². The van der Waals surface area contributed by atoms with E-state index in [9.17, 15) is 18.3 Å². The second-order valence-electron chi connectivity index (χ2n) is 6.64. The van der Waals surface area contributed by atoms with Crippen molar-refractivity contribution in [1.82, 2.24) is 0 Å². The largest absolute Gasteiger partial charge is 0.478 e. The lowest BCUT2D eigenvalue weighted by atomic mass is 9.86. The molecular weight excluding hydrogens is 338 g/mol. The SMILES string of the molecule is CCCCCCCC(CCCC)c1cc(S(N)(=O)=O)ccc1C(=O)O. The number of carboxylic acids is 1. The minimum absolute atomic E-state index is 0.0139. The molecule has 0 heterocycles. The van der Waals surface area contributed by atoms with Crippen LogP contribution in [-0.4, -0.2) is 19.5 Å². The van der Waals surface area contributed by atoms with E-state index in [1.54, 1.807) is 0 Å². The molecule has 1 aromatic rings. The summed E-state index contributed by atoms with van der Waals surface area (Å²) in [6, 6.07) is 4.11. The van der Waals surface area contributed by atoms with Crippen LogP contribution in [0.15, 0.2) is 23.1 Å². The Morgan fingerprint density at radius 2 is 1.64 bits per heavy atom. The maximum Gasteiger partial charge on any atom is 0.335 e. The highest BCUT2D eigenvalue weighted by Crippen LogP contribution is 2.32. The van der Waals surface area contributed by atoms with Crippen LogP contribution in [0.2, 0.25) is 0 Å². The number of rotatable bonds is 12. The standard InChI is InChI=1S/C19H31NO4S/c1-3-5-7-8-9-11-15(10-6-4-2)18-14-16(25(20,23)24)12-13-17(18)19(21)22/h12-15H,3-11H2,1-2H3,(H,21,22)(H2,20,23,24). The summed E-state index contributed by atoms with van der Waals surface area (Å²) in [6.07, 6.45) is 9.44. The Kier molecular flexibility index (Phi) is 9.14. The van der Waals surface area contributed by atoms with Gasteiger partial charge in [0, 0.05) is 0 Å². The number of sulfonamides is 1. The predicted molar refractivity (Wildman–Crippen MR) is 100 cm³/mol. The molecule has 0 saturated carbocycles. The van der Waals surface area contributed by atoms with Crippen molar-refractivity contribution >= 4 is 16.0 Å². The van der Waals surface area contributed by atoms with Crippen molar-refractivity contribution in [2.24, 2.45) is 5.14 Å². The minimum Gasteiger partial charge on any atom is -0.478 e. The summed E-state index contributed by atoms with van der Waals surface area (Å²) >= 11 is 0. The van der Waals surface area contributed by atoms with E-state index in [1.165, 1.54) is 37.5 Å². The summed E-state index contributed by atoms with van der Waals surface area (Å²) in [7, 11) is -3.85. The van der Waals surface area contributed by atoms with E-state index in [4.69, 9.17) is 5.14 Å². The first-order valence-electron chi connectivity index (χ1n) is 9.21. The molecule has 142 valence electrons. The van der Waals surface area contributed by atoms with Gasteiger partial charge in [-0.2, -0.15) is 0 Å². The van der Waals surface area contributed by atoms with Gasteiger partial charge in [-0.25, -0.2) is 18.4 Å². The molecule has 1 unspecified atom stereocenters. The molecule has 0 bridgehead atoms. The normalized spacial score (nSPS) is 12.9. The fourth-order valence-corrected chi connectivity index (χ4v) is 3.70. The van der Waals surface area contributed by atoms with Crippen LogP contribution in [0, 0.1) is 0 Å². The number of hydrogen-bond acceptors (Lipinski definition) is 3. The molecule has 0 aliphatic rings. The van der Waals surface area contributed by atoms with Gasteiger partial charge in [0.15, 0.2) is 0 Å². The van der Waals surface area contributed by atoms with Gasteiger partial charge in [-0.05, 0) is 42.5 Å². The smallest absolute Gasteiger partial charge is 0.335 e. The third kappa shape index (κ3) is 7.16. The average Bonchev–Trinajstić information content (AvgIpc) is 2.56. The van der Waals surface area contributed by atoms with Crippen LogP contribution >= 0.6 is 0 Å². The average molecular weight is 370 g/mol. The minimum atomic E-state index is -3.85. The van der Waals surface area contributed by atoms with Crippen LogP contribution in [0.5, 0.6) is 0 Å². The maximum atomic E-state index is 11.7. The molecule has 25 heavy (non-hydrogen) atoms. The lowest BCUT2D eigenvalue weighted by molar-refractivity contribution is 0.0694. The van der Waals surface area contributed by atoms with Gasteiger partial charge in [0.1, 0.15) is 0 Å². The summed E-state index contributed by atoms with van der Waals surface area (Å²) in [5.41, 5.74) is 0.782. The third-order valence-electron chi connectivity index (χ3n) is 4.58. The molecule has 0 spiro atoms. The highest BCUT2D eigenvalue weighted by atomic mass is 32.2. The molecule has 0 radical (unpaired) electrons. The second-order valence-corrected chi connectivity index (χ2v) is 8.20. The quantitative estimate of drug-likeness (QED) is 0.523. The first-order valence-corrected chi connectivity index (χ1v) is 10.8. The monoisotopic (exact) mass is 369 g/mol. The molecule has 0 aliphatic carbocycles. The summed E-state index contributed by atoms with van der Waals surface area (Å²) in [5, 5.41) is 14.7. The molecule has 1 rings (SSSR count). The van der Waals surface area contributed by atoms with E-state index in [1.807, 2.05) is 0 Å². The molecule has 0 aromatic heterocycles. The van der Waals surface area contributed by atoms with Crippen LogP contribution in [0.4, 0.5) is 0 Å². The van der Waals surface area contributed by atoms with Gasteiger partial charge in [0.2, 0.25) is 10.0 Å². The number of aromatic carboxylic acids is 1. The number of carbonyl (C=O) groups is 1.